The molecular formula is C36H45BrN6O6. The van der Waals surface area contributed by atoms with E-state index in [1.54, 1.807) is 24.0 Å². The minimum Gasteiger partial charge on any atom is -0.497 e. The molecule has 0 aliphatic carbocycles. The first-order chi connectivity index (χ1) is 23.1. The Hall–Kier alpha value is -4.52. The highest BCUT2D eigenvalue weighted by Gasteiger charge is 2.30. The van der Waals surface area contributed by atoms with Crippen molar-refractivity contribution >= 4 is 28.1 Å². The van der Waals surface area contributed by atoms with Crippen molar-refractivity contribution in [1.82, 2.24) is 29.4 Å². The molecule has 262 valence electrons. The number of hydrogen-bond donors (Lipinski definition) is 0. The number of benzene rings is 2. The summed E-state index contributed by atoms with van der Waals surface area (Å²) in [5.41, 5.74) is 4.69. The van der Waals surface area contributed by atoms with Gasteiger partial charge in [-0.15, -0.1) is 0 Å². The van der Waals surface area contributed by atoms with Crippen LogP contribution in [0.5, 0.6) is 11.5 Å². The van der Waals surface area contributed by atoms with Crippen LogP contribution in [0.2, 0.25) is 0 Å². The molecule has 0 saturated heterocycles. The lowest BCUT2D eigenvalue weighted by Crippen LogP contribution is -2.41. The first-order valence-electron chi connectivity index (χ1n) is 16.2. The van der Waals surface area contributed by atoms with Crippen LogP contribution in [-0.4, -0.2) is 80.1 Å². The fraction of sp³-hybridized carbons (Fsp3) is 0.444. The first kappa shape index (κ1) is 35.8. The fourth-order valence-electron chi connectivity index (χ4n) is 5.40. The Morgan fingerprint density at radius 3 is 1.80 bits per heavy atom. The topological polar surface area (TPSA) is 113 Å². The van der Waals surface area contributed by atoms with Crippen molar-refractivity contribution in [3.63, 3.8) is 0 Å². The zero-order valence-electron chi connectivity index (χ0n) is 29.4. The van der Waals surface area contributed by atoms with Crippen LogP contribution in [0.25, 0.3) is 22.5 Å². The summed E-state index contributed by atoms with van der Waals surface area (Å²) in [4.78, 5) is 28.0. The Bertz CT molecular complexity index is 1800. The zero-order chi connectivity index (χ0) is 35.5. The number of rotatable bonds is 4. The minimum absolute atomic E-state index is 0.280. The van der Waals surface area contributed by atoms with Crippen molar-refractivity contribution in [2.75, 3.05) is 27.3 Å². The molecule has 0 fully saturated rings. The molecule has 0 unspecified atom stereocenters. The van der Waals surface area contributed by atoms with Gasteiger partial charge in [0.05, 0.1) is 62.0 Å². The van der Waals surface area contributed by atoms with Crippen molar-refractivity contribution in [2.45, 2.75) is 78.9 Å². The van der Waals surface area contributed by atoms with Gasteiger partial charge in [-0.05, 0) is 87.8 Å². The average Bonchev–Trinajstić information content (AvgIpc) is 3.64. The molecule has 2 aromatic heterocycles. The van der Waals surface area contributed by atoms with Crippen LogP contribution in [0.4, 0.5) is 9.59 Å². The minimum atomic E-state index is -0.502. The van der Waals surface area contributed by atoms with Crippen molar-refractivity contribution in [1.29, 1.82) is 0 Å². The molecule has 0 atom stereocenters. The third kappa shape index (κ3) is 8.94. The lowest BCUT2D eigenvalue weighted by Gasteiger charge is -2.30. The van der Waals surface area contributed by atoms with Gasteiger partial charge in [-0.2, -0.15) is 10.2 Å². The highest BCUT2D eigenvalue weighted by atomic mass is 79.9. The quantitative estimate of drug-likeness (QED) is 0.213. The zero-order valence-corrected chi connectivity index (χ0v) is 31.0. The Morgan fingerprint density at radius 1 is 0.694 bits per heavy atom. The van der Waals surface area contributed by atoms with E-state index in [4.69, 9.17) is 24.0 Å². The number of halogens is 1. The van der Waals surface area contributed by atoms with Crippen LogP contribution in [0.3, 0.4) is 0 Å². The molecule has 0 bridgehead atoms. The van der Waals surface area contributed by atoms with E-state index in [9.17, 15) is 9.59 Å². The Kier molecular flexibility index (Phi) is 10.6. The van der Waals surface area contributed by atoms with Crippen LogP contribution >= 0.6 is 15.9 Å². The summed E-state index contributed by atoms with van der Waals surface area (Å²) in [5, 5.41) is 9.35. The van der Waals surface area contributed by atoms with E-state index in [0.29, 0.717) is 39.3 Å². The van der Waals surface area contributed by atoms with Crippen molar-refractivity contribution in [2.24, 2.45) is 0 Å². The molecule has 49 heavy (non-hydrogen) atoms. The number of methoxy groups -OCH3 is 2. The van der Waals surface area contributed by atoms with Gasteiger partial charge in [0.1, 0.15) is 28.4 Å². The van der Waals surface area contributed by atoms with Crippen LogP contribution < -0.4 is 9.47 Å². The molecule has 0 spiro atoms. The van der Waals surface area contributed by atoms with E-state index < -0.39 is 11.2 Å². The number of nitrogens with zero attached hydrogens (tertiary/aromatic N) is 6. The lowest BCUT2D eigenvalue weighted by atomic mass is 10.1. The summed E-state index contributed by atoms with van der Waals surface area (Å²) in [5.74, 6) is 1.58. The molecule has 2 aliphatic heterocycles. The van der Waals surface area contributed by atoms with Crippen LogP contribution in [0, 0.1) is 0 Å². The predicted molar refractivity (Wildman–Crippen MR) is 189 cm³/mol. The number of aromatic nitrogens is 4. The van der Waals surface area contributed by atoms with E-state index in [2.05, 4.69) is 21.0 Å². The van der Waals surface area contributed by atoms with Gasteiger partial charge in [-0.25, -0.2) is 9.59 Å². The van der Waals surface area contributed by atoms with Crippen LogP contribution in [0.15, 0.2) is 59.1 Å². The number of fused-ring (bicyclic) bond motifs is 2. The van der Waals surface area contributed by atoms with Gasteiger partial charge in [0, 0.05) is 24.2 Å². The molecule has 0 saturated carbocycles. The summed E-state index contributed by atoms with van der Waals surface area (Å²) < 4.78 is 26.3. The molecule has 2 amide bonds. The Labute approximate surface area is 296 Å². The smallest absolute Gasteiger partial charge is 0.410 e. The third-order valence-electron chi connectivity index (χ3n) is 7.73. The van der Waals surface area contributed by atoms with Gasteiger partial charge in [0.25, 0.3) is 0 Å². The Balaban J connectivity index is 0.000000191. The molecule has 4 aromatic rings. The normalized spacial score (nSPS) is 14.2. The molecule has 2 aromatic carbocycles. The summed E-state index contributed by atoms with van der Waals surface area (Å²) in [6, 6.07) is 17.6. The first-order valence-corrected chi connectivity index (χ1v) is 17.0. The molecule has 0 N–H and O–H groups in total. The van der Waals surface area contributed by atoms with Gasteiger partial charge in [0.15, 0.2) is 0 Å². The molecule has 2 aliphatic rings. The van der Waals surface area contributed by atoms with Gasteiger partial charge < -0.3 is 28.7 Å². The fourth-order valence-corrected chi connectivity index (χ4v) is 6.03. The standard InChI is InChI=1S/C18H22BrN3O3.C18H23N3O3/c1-18(2,3)25-17(23)21-8-9-22-14(11-21)15(19)16(20-22)12-6-5-7-13(10-12)24-4;1-18(2,3)24-17(22)20-8-9-21-14(12-20)11-16(19-21)13-6-5-7-15(10-13)23-4/h5-7,10H,8-9,11H2,1-4H3;5-7,10-11H,8-9,12H2,1-4H3. The molecule has 13 heteroatoms. The second-order valence-corrected chi connectivity index (χ2v) is 14.6. The summed E-state index contributed by atoms with van der Waals surface area (Å²) in [6.07, 6.45) is -0.576. The van der Waals surface area contributed by atoms with Crippen molar-refractivity contribution in [3.05, 3.63) is 70.5 Å². The predicted octanol–water partition coefficient (Wildman–Crippen LogP) is 7.38. The van der Waals surface area contributed by atoms with Gasteiger partial charge >= 0.3 is 12.2 Å². The molecule has 6 rings (SSSR count). The van der Waals surface area contributed by atoms with E-state index in [-0.39, 0.29) is 12.2 Å². The maximum Gasteiger partial charge on any atom is 0.410 e. The maximum atomic E-state index is 12.3. The lowest BCUT2D eigenvalue weighted by molar-refractivity contribution is 0.0184. The highest BCUT2D eigenvalue weighted by Crippen LogP contribution is 2.34. The third-order valence-corrected chi connectivity index (χ3v) is 8.56. The molecular weight excluding hydrogens is 692 g/mol. The van der Waals surface area contributed by atoms with Crippen LogP contribution in [-0.2, 0) is 35.7 Å². The van der Waals surface area contributed by atoms with E-state index in [1.165, 1.54) is 0 Å². The van der Waals surface area contributed by atoms with Crippen LogP contribution in [0.1, 0.15) is 52.9 Å². The number of ether oxygens (including phenoxy) is 4. The van der Waals surface area contributed by atoms with E-state index in [1.807, 2.05) is 106 Å². The Morgan fingerprint density at radius 2 is 1.22 bits per heavy atom. The van der Waals surface area contributed by atoms with Crippen molar-refractivity contribution < 1.29 is 28.5 Å². The van der Waals surface area contributed by atoms with Gasteiger partial charge in [-0.3, -0.25) is 9.36 Å². The summed E-state index contributed by atoms with van der Waals surface area (Å²) in [7, 11) is 3.29. The number of carbonyl (C=O) groups is 2. The monoisotopic (exact) mass is 736 g/mol. The molecule has 4 heterocycles. The summed E-state index contributed by atoms with van der Waals surface area (Å²) >= 11 is 3.66. The van der Waals surface area contributed by atoms with Gasteiger partial charge in [-0.1, -0.05) is 24.3 Å². The van der Waals surface area contributed by atoms with E-state index in [0.717, 1.165) is 49.9 Å². The van der Waals surface area contributed by atoms with Crippen molar-refractivity contribution in [3.8, 4) is 34.0 Å². The summed E-state index contributed by atoms with van der Waals surface area (Å²) in [6.45, 7) is 14.7. The largest absolute Gasteiger partial charge is 0.497 e. The number of amides is 2. The average molecular weight is 738 g/mol. The molecule has 0 radical (unpaired) electrons. The number of hydrogen-bond acceptors (Lipinski definition) is 8. The number of carbonyl (C=O) groups excluding carboxylic acids is 2. The SMILES string of the molecule is COc1cccc(-c2cc3n(n2)CCN(C(=O)OC(C)(C)C)C3)c1.COc1cccc(-c2nn3c(c2Br)CN(C(=O)OC(C)(C)C)CC3)c1. The second-order valence-electron chi connectivity index (χ2n) is 13.8. The molecule has 12 nitrogen and oxygen atoms in total. The maximum absolute atomic E-state index is 12.3. The van der Waals surface area contributed by atoms with E-state index >= 15 is 0 Å². The van der Waals surface area contributed by atoms with Gasteiger partial charge in [0.2, 0.25) is 0 Å². The second kappa shape index (κ2) is 14.5. The highest BCUT2D eigenvalue weighted by molar-refractivity contribution is 9.10.